The molecule has 0 aliphatic heterocycles. The number of rotatable bonds is 27. The Kier molecular flexibility index (Phi) is 26.3. The highest BCUT2D eigenvalue weighted by molar-refractivity contribution is 5.76. The summed E-state index contributed by atoms with van der Waals surface area (Å²) in [6.07, 6.45) is 13.9. The Balaban J connectivity index is 4.16. The van der Waals surface area contributed by atoms with Crippen molar-refractivity contribution in [2.75, 3.05) is 72.0 Å². The van der Waals surface area contributed by atoms with E-state index in [-0.39, 0.29) is 11.8 Å². The molecule has 0 spiro atoms. The Bertz CT molecular complexity index is 451. The van der Waals surface area contributed by atoms with Crippen molar-refractivity contribution in [3.05, 3.63) is 0 Å². The molecule has 0 aromatic heterocycles. The first kappa shape index (κ1) is 33.7. The Labute approximate surface area is 215 Å². The lowest BCUT2D eigenvalue weighted by atomic mass is 10.1. The fourth-order valence-corrected chi connectivity index (χ4v) is 3.89. The van der Waals surface area contributed by atoms with Gasteiger partial charge in [0.1, 0.15) is 0 Å². The van der Waals surface area contributed by atoms with Gasteiger partial charge in [-0.05, 0) is 13.0 Å². The Morgan fingerprint density at radius 3 is 1.43 bits per heavy atom. The van der Waals surface area contributed by atoms with Crippen LogP contribution in [0.4, 0.5) is 0 Å². The lowest BCUT2D eigenvalue weighted by molar-refractivity contribution is -0.121. The number of hydrogen-bond donors (Lipinski definition) is 6. The van der Waals surface area contributed by atoms with Crippen LogP contribution < -0.4 is 32.7 Å². The van der Waals surface area contributed by atoms with Crippen LogP contribution >= 0.6 is 0 Å². The third-order valence-electron chi connectivity index (χ3n) is 6.03. The number of carbonyl (C=O) groups is 2. The number of amides is 2. The topological polar surface area (TPSA) is 138 Å². The van der Waals surface area contributed by atoms with Crippen LogP contribution in [0.2, 0.25) is 0 Å². The fourth-order valence-electron chi connectivity index (χ4n) is 3.89. The third kappa shape index (κ3) is 25.6. The SMILES string of the molecule is CCCCCCCCCCCCN(CCC(=O)NCCNCCN)CCC(=O)NCCNCCN. The predicted molar refractivity (Wildman–Crippen MR) is 147 cm³/mol. The number of carbonyl (C=O) groups excluding carboxylic acids is 2. The maximum atomic E-state index is 12.2. The van der Waals surface area contributed by atoms with Crippen LogP contribution in [0.5, 0.6) is 0 Å². The van der Waals surface area contributed by atoms with E-state index in [4.69, 9.17) is 11.5 Å². The van der Waals surface area contributed by atoms with Crippen molar-refractivity contribution in [1.29, 1.82) is 0 Å². The number of hydrogen-bond acceptors (Lipinski definition) is 7. The van der Waals surface area contributed by atoms with E-state index in [9.17, 15) is 9.59 Å². The van der Waals surface area contributed by atoms with Gasteiger partial charge in [0.25, 0.3) is 0 Å². The fraction of sp³-hybridized carbons (Fsp3) is 0.923. The molecule has 0 bridgehead atoms. The molecule has 0 atom stereocenters. The van der Waals surface area contributed by atoms with E-state index in [1.54, 1.807) is 0 Å². The van der Waals surface area contributed by atoms with Gasteiger partial charge < -0.3 is 37.6 Å². The van der Waals surface area contributed by atoms with Crippen LogP contribution in [0.1, 0.15) is 84.0 Å². The van der Waals surface area contributed by atoms with E-state index in [1.165, 1.54) is 57.8 Å². The van der Waals surface area contributed by atoms with Crippen LogP contribution in [0.3, 0.4) is 0 Å². The summed E-state index contributed by atoms with van der Waals surface area (Å²) in [5.74, 6) is 0.117. The standard InChI is InChI=1S/C26H57N7O2/c1-2-3-4-5-6-7-8-9-10-11-22-33(23-12-25(34)31-20-18-29-16-14-27)24-13-26(35)32-21-19-30-17-15-28/h29-30H,2-24,27-28H2,1H3,(H,31,34)(H,32,35). The smallest absolute Gasteiger partial charge is 0.221 e. The van der Waals surface area contributed by atoms with Crippen molar-refractivity contribution in [3.8, 4) is 0 Å². The van der Waals surface area contributed by atoms with Crippen molar-refractivity contribution in [2.24, 2.45) is 11.5 Å². The molecule has 0 aliphatic rings. The quantitative estimate of drug-likeness (QED) is 0.0938. The zero-order valence-corrected chi connectivity index (χ0v) is 22.7. The average molecular weight is 500 g/mol. The summed E-state index contributed by atoms with van der Waals surface area (Å²) in [6, 6.07) is 0. The van der Waals surface area contributed by atoms with E-state index in [0.717, 1.165) is 39.1 Å². The number of nitrogens with zero attached hydrogens (tertiary/aromatic N) is 1. The highest BCUT2D eigenvalue weighted by atomic mass is 16.2. The van der Waals surface area contributed by atoms with Gasteiger partial charge in [-0.15, -0.1) is 0 Å². The highest BCUT2D eigenvalue weighted by Crippen LogP contribution is 2.11. The van der Waals surface area contributed by atoms with Crippen LogP contribution in [-0.2, 0) is 9.59 Å². The number of nitrogens with one attached hydrogen (secondary N) is 4. The average Bonchev–Trinajstić information content (AvgIpc) is 2.86. The summed E-state index contributed by atoms with van der Waals surface area (Å²) < 4.78 is 0. The molecule has 0 fully saturated rings. The molecule has 9 heteroatoms. The summed E-state index contributed by atoms with van der Waals surface area (Å²) in [5.41, 5.74) is 10.9. The van der Waals surface area contributed by atoms with Crippen molar-refractivity contribution in [1.82, 2.24) is 26.2 Å². The zero-order valence-electron chi connectivity index (χ0n) is 22.7. The lowest BCUT2D eigenvalue weighted by Gasteiger charge is -2.22. The van der Waals surface area contributed by atoms with Crippen LogP contribution in [0.15, 0.2) is 0 Å². The molecular weight excluding hydrogens is 442 g/mol. The molecule has 0 aromatic rings. The van der Waals surface area contributed by atoms with Crippen LogP contribution in [0.25, 0.3) is 0 Å². The Morgan fingerprint density at radius 1 is 0.571 bits per heavy atom. The second kappa shape index (κ2) is 27.3. The van der Waals surface area contributed by atoms with Gasteiger partial charge in [0.15, 0.2) is 0 Å². The van der Waals surface area contributed by atoms with Crippen molar-refractivity contribution in [2.45, 2.75) is 84.0 Å². The van der Waals surface area contributed by atoms with Gasteiger partial charge in [-0.3, -0.25) is 9.59 Å². The highest BCUT2D eigenvalue weighted by Gasteiger charge is 2.11. The summed E-state index contributed by atoms with van der Waals surface area (Å²) in [4.78, 5) is 26.7. The maximum Gasteiger partial charge on any atom is 0.221 e. The van der Waals surface area contributed by atoms with E-state index < -0.39 is 0 Å². The van der Waals surface area contributed by atoms with Gasteiger partial charge in [0.2, 0.25) is 11.8 Å². The monoisotopic (exact) mass is 499 g/mol. The largest absolute Gasteiger partial charge is 0.355 e. The molecular formula is C26H57N7O2. The van der Waals surface area contributed by atoms with Gasteiger partial charge in [0.05, 0.1) is 0 Å². The minimum absolute atomic E-state index is 0.0584. The second-order valence-corrected chi connectivity index (χ2v) is 9.30. The zero-order chi connectivity index (χ0) is 25.8. The summed E-state index contributed by atoms with van der Waals surface area (Å²) >= 11 is 0. The van der Waals surface area contributed by atoms with Gasteiger partial charge in [0, 0.05) is 78.3 Å². The van der Waals surface area contributed by atoms with Crippen LogP contribution in [0, 0.1) is 0 Å². The van der Waals surface area contributed by atoms with E-state index >= 15 is 0 Å². The van der Waals surface area contributed by atoms with Crippen LogP contribution in [-0.4, -0.2) is 88.7 Å². The lowest BCUT2D eigenvalue weighted by Crippen LogP contribution is -2.38. The molecule has 0 radical (unpaired) electrons. The molecule has 8 N–H and O–H groups in total. The predicted octanol–water partition coefficient (Wildman–Crippen LogP) is 1.32. The van der Waals surface area contributed by atoms with Gasteiger partial charge in [-0.2, -0.15) is 0 Å². The summed E-state index contributed by atoms with van der Waals surface area (Å²) in [5, 5.41) is 12.2. The first-order valence-corrected chi connectivity index (χ1v) is 14.2. The Hall–Kier alpha value is -1.26. The summed E-state index contributed by atoms with van der Waals surface area (Å²) in [6.45, 7) is 9.95. The minimum atomic E-state index is 0.0584. The van der Waals surface area contributed by atoms with E-state index in [1.807, 2.05) is 0 Å². The molecule has 0 saturated heterocycles. The number of unbranched alkanes of at least 4 members (excludes halogenated alkanes) is 9. The molecule has 35 heavy (non-hydrogen) atoms. The maximum absolute atomic E-state index is 12.2. The molecule has 0 rings (SSSR count). The summed E-state index contributed by atoms with van der Waals surface area (Å²) in [7, 11) is 0. The van der Waals surface area contributed by atoms with Gasteiger partial charge in [-0.25, -0.2) is 0 Å². The Morgan fingerprint density at radius 2 is 1.00 bits per heavy atom. The molecule has 2 amide bonds. The molecule has 0 aromatic carbocycles. The molecule has 0 heterocycles. The molecule has 0 unspecified atom stereocenters. The third-order valence-corrected chi connectivity index (χ3v) is 6.03. The second-order valence-electron chi connectivity index (χ2n) is 9.30. The van der Waals surface area contributed by atoms with Crippen molar-refractivity contribution >= 4 is 11.8 Å². The van der Waals surface area contributed by atoms with Crippen molar-refractivity contribution in [3.63, 3.8) is 0 Å². The molecule has 208 valence electrons. The molecule has 9 nitrogen and oxygen atoms in total. The molecule has 0 saturated carbocycles. The van der Waals surface area contributed by atoms with E-state index in [0.29, 0.717) is 52.1 Å². The first-order valence-electron chi connectivity index (χ1n) is 14.2. The normalized spacial score (nSPS) is 11.2. The minimum Gasteiger partial charge on any atom is -0.355 e. The first-order chi connectivity index (χ1) is 17.1. The van der Waals surface area contributed by atoms with E-state index in [2.05, 4.69) is 33.1 Å². The van der Waals surface area contributed by atoms with Gasteiger partial charge in [-0.1, -0.05) is 64.7 Å². The number of nitrogens with two attached hydrogens (primary N) is 2. The molecule has 0 aliphatic carbocycles. The van der Waals surface area contributed by atoms with Crippen molar-refractivity contribution < 1.29 is 9.59 Å². The van der Waals surface area contributed by atoms with Gasteiger partial charge >= 0.3 is 0 Å².